The quantitative estimate of drug-likeness (QED) is 0.907. The van der Waals surface area contributed by atoms with Gasteiger partial charge in [0.2, 0.25) is 0 Å². The standard InChI is InChI=1S/C14H9Cl2F2NO2/c15-8-1-3-12(11(18)5-8)19-14(20)7-21-13-4-2-9(17)6-10(13)16/h1-6H,7H2,(H,19,20). The van der Waals surface area contributed by atoms with E-state index in [0.29, 0.717) is 0 Å². The van der Waals surface area contributed by atoms with Crippen molar-refractivity contribution in [1.29, 1.82) is 0 Å². The first-order chi connectivity index (χ1) is 9.95. The predicted molar refractivity (Wildman–Crippen MR) is 76.9 cm³/mol. The van der Waals surface area contributed by atoms with Gasteiger partial charge in [0.15, 0.2) is 6.61 Å². The van der Waals surface area contributed by atoms with E-state index in [-0.39, 0.29) is 21.5 Å². The molecule has 0 aliphatic heterocycles. The average Bonchev–Trinajstić information content (AvgIpc) is 2.41. The van der Waals surface area contributed by atoms with Gasteiger partial charge >= 0.3 is 0 Å². The summed E-state index contributed by atoms with van der Waals surface area (Å²) < 4.78 is 31.4. The third-order valence-corrected chi connectivity index (χ3v) is 2.99. The number of carbonyl (C=O) groups is 1. The summed E-state index contributed by atoms with van der Waals surface area (Å²) in [5.74, 6) is -1.60. The van der Waals surface area contributed by atoms with Crippen LogP contribution < -0.4 is 10.1 Å². The molecule has 0 heterocycles. The maximum Gasteiger partial charge on any atom is 0.262 e. The van der Waals surface area contributed by atoms with Crippen LogP contribution in [0.5, 0.6) is 5.75 Å². The molecule has 2 aromatic rings. The minimum atomic E-state index is -0.657. The Morgan fingerprint density at radius 1 is 1.14 bits per heavy atom. The molecule has 21 heavy (non-hydrogen) atoms. The Morgan fingerprint density at radius 3 is 2.57 bits per heavy atom. The number of anilines is 1. The molecular weight excluding hydrogens is 323 g/mol. The molecule has 0 aliphatic rings. The Morgan fingerprint density at radius 2 is 1.90 bits per heavy atom. The molecule has 0 spiro atoms. The molecule has 0 fully saturated rings. The number of halogens is 4. The summed E-state index contributed by atoms with van der Waals surface area (Å²) in [5.41, 5.74) is -0.0156. The Bertz CT molecular complexity index is 680. The van der Waals surface area contributed by atoms with Crippen LogP contribution in [0, 0.1) is 11.6 Å². The zero-order valence-electron chi connectivity index (χ0n) is 10.5. The van der Waals surface area contributed by atoms with Crippen LogP contribution in [0.15, 0.2) is 36.4 Å². The van der Waals surface area contributed by atoms with Crippen molar-refractivity contribution in [2.24, 2.45) is 0 Å². The van der Waals surface area contributed by atoms with Gasteiger partial charge in [-0.1, -0.05) is 23.2 Å². The van der Waals surface area contributed by atoms with Gasteiger partial charge in [-0.15, -0.1) is 0 Å². The molecule has 0 unspecified atom stereocenters. The molecule has 110 valence electrons. The maximum absolute atomic E-state index is 13.5. The van der Waals surface area contributed by atoms with Gasteiger partial charge in [0.05, 0.1) is 10.7 Å². The van der Waals surface area contributed by atoms with Crippen molar-refractivity contribution in [3.63, 3.8) is 0 Å². The predicted octanol–water partition coefficient (Wildman–Crippen LogP) is 4.29. The van der Waals surface area contributed by atoms with E-state index in [4.69, 9.17) is 27.9 Å². The molecule has 0 aliphatic carbocycles. The van der Waals surface area contributed by atoms with E-state index in [1.807, 2.05) is 0 Å². The lowest BCUT2D eigenvalue weighted by Crippen LogP contribution is -2.20. The zero-order valence-corrected chi connectivity index (χ0v) is 12.0. The Hall–Kier alpha value is -1.85. The van der Waals surface area contributed by atoms with Crippen LogP contribution in [0.2, 0.25) is 10.0 Å². The van der Waals surface area contributed by atoms with Crippen LogP contribution in [0.3, 0.4) is 0 Å². The molecule has 1 amide bonds. The summed E-state index contributed by atoms with van der Waals surface area (Å²) in [4.78, 5) is 11.6. The van der Waals surface area contributed by atoms with E-state index in [9.17, 15) is 13.6 Å². The molecule has 2 rings (SSSR count). The Labute approximate surface area is 129 Å². The molecule has 0 atom stereocenters. The lowest BCUT2D eigenvalue weighted by atomic mass is 10.3. The normalized spacial score (nSPS) is 10.3. The first-order valence-electron chi connectivity index (χ1n) is 5.78. The number of hydrogen-bond donors (Lipinski definition) is 1. The van der Waals surface area contributed by atoms with E-state index < -0.39 is 24.1 Å². The molecule has 2 aromatic carbocycles. The van der Waals surface area contributed by atoms with E-state index in [2.05, 4.69) is 5.32 Å². The molecule has 0 aromatic heterocycles. The van der Waals surface area contributed by atoms with Crippen molar-refractivity contribution in [1.82, 2.24) is 0 Å². The summed E-state index contributed by atoms with van der Waals surface area (Å²) in [6.45, 7) is -0.395. The smallest absolute Gasteiger partial charge is 0.262 e. The van der Waals surface area contributed by atoms with Crippen molar-refractivity contribution >= 4 is 34.8 Å². The number of hydrogen-bond acceptors (Lipinski definition) is 2. The highest BCUT2D eigenvalue weighted by atomic mass is 35.5. The highest BCUT2D eigenvalue weighted by Gasteiger charge is 2.10. The summed E-state index contributed by atoms with van der Waals surface area (Å²) in [7, 11) is 0. The first-order valence-corrected chi connectivity index (χ1v) is 6.54. The van der Waals surface area contributed by atoms with E-state index in [0.717, 1.165) is 18.2 Å². The molecule has 7 heteroatoms. The maximum atomic E-state index is 13.5. The Balaban J connectivity index is 1.96. The van der Waals surface area contributed by atoms with Crippen LogP contribution in [0.25, 0.3) is 0 Å². The van der Waals surface area contributed by atoms with Crippen LogP contribution in [-0.2, 0) is 4.79 Å². The second-order valence-corrected chi connectivity index (χ2v) is 4.88. The fourth-order valence-corrected chi connectivity index (χ4v) is 1.89. The fraction of sp³-hybridized carbons (Fsp3) is 0.0714. The van der Waals surface area contributed by atoms with Crippen molar-refractivity contribution in [2.45, 2.75) is 0 Å². The largest absolute Gasteiger partial charge is 0.482 e. The van der Waals surface area contributed by atoms with Gasteiger partial charge in [-0.05, 0) is 36.4 Å². The van der Waals surface area contributed by atoms with Gasteiger partial charge in [-0.2, -0.15) is 0 Å². The molecule has 1 N–H and O–H groups in total. The Kier molecular flexibility index (Phi) is 4.98. The number of nitrogens with one attached hydrogen (secondary N) is 1. The minimum absolute atomic E-state index is 0.0156. The fourth-order valence-electron chi connectivity index (χ4n) is 1.51. The number of ether oxygens (including phenoxy) is 1. The van der Waals surface area contributed by atoms with Crippen molar-refractivity contribution < 1.29 is 18.3 Å². The van der Waals surface area contributed by atoms with Gasteiger partial charge in [0, 0.05) is 5.02 Å². The second kappa shape index (κ2) is 6.74. The number of carbonyl (C=O) groups excluding carboxylic acids is 1. The highest BCUT2D eigenvalue weighted by Crippen LogP contribution is 2.25. The lowest BCUT2D eigenvalue weighted by Gasteiger charge is -2.09. The summed E-state index contributed by atoms with van der Waals surface area (Å²) in [5, 5.41) is 2.59. The molecule has 3 nitrogen and oxygen atoms in total. The highest BCUT2D eigenvalue weighted by molar-refractivity contribution is 6.32. The summed E-state index contributed by atoms with van der Waals surface area (Å²) >= 11 is 11.3. The van der Waals surface area contributed by atoms with Gasteiger partial charge in [-0.25, -0.2) is 8.78 Å². The third kappa shape index (κ3) is 4.31. The van der Waals surface area contributed by atoms with Gasteiger partial charge in [-0.3, -0.25) is 4.79 Å². The van der Waals surface area contributed by atoms with E-state index in [1.165, 1.54) is 18.2 Å². The summed E-state index contributed by atoms with van der Waals surface area (Å²) in [6.07, 6.45) is 0. The van der Waals surface area contributed by atoms with Crippen LogP contribution >= 0.6 is 23.2 Å². The molecular formula is C14H9Cl2F2NO2. The van der Waals surface area contributed by atoms with Gasteiger partial charge < -0.3 is 10.1 Å². The van der Waals surface area contributed by atoms with Crippen LogP contribution in [0.4, 0.5) is 14.5 Å². The number of rotatable bonds is 4. The monoisotopic (exact) mass is 331 g/mol. The van der Waals surface area contributed by atoms with Crippen LogP contribution in [0.1, 0.15) is 0 Å². The van der Waals surface area contributed by atoms with Crippen LogP contribution in [-0.4, -0.2) is 12.5 Å². The van der Waals surface area contributed by atoms with Crippen molar-refractivity contribution in [3.8, 4) is 5.75 Å². The third-order valence-electron chi connectivity index (χ3n) is 2.46. The van der Waals surface area contributed by atoms with E-state index >= 15 is 0 Å². The molecule has 0 saturated carbocycles. The lowest BCUT2D eigenvalue weighted by molar-refractivity contribution is -0.118. The molecule has 0 saturated heterocycles. The number of benzene rings is 2. The SMILES string of the molecule is O=C(COc1ccc(F)cc1Cl)Nc1ccc(Cl)cc1F. The van der Waals surface area contributed by atoms with Gasteiger partial charge in [0.1, 0.15) is 17.4 Å². The average molecular weight is 332 g/mol. The molecule has 0 radical (unpaired) electrons. The van der Waals surface area contributed by atoms with Crippen molar-refractivity contribution in [3.05, 3.63) is 58.1 Å². The van der Waals surface area contributed by atoms with E-state index in [1.54, 1.807) is 0 Å². The van der Waals surface area contributed by atoms with Gasteiger partial charge in [0.25, 0.3) is 5.91 Å². The topological polar surface area (TPSA) is 38.3 Å². The molecule has 0 bridgehead atoms. The first kappa shape index (κ1) is 15.5. The second-order valence-electron chi connectivity index (χ2n) is 4.04. The minimum Gasteiger partial charge on any atom is -0.482 e. The zero-order chi connectivity index (χ0) is 15.4. The van der Waals surface area contributed by atoms with Crippen molar-refractivity contribution in [2.75, 3.05) is 11.9 Å². The summed E-state index contributed by atoms with van der Waals surface area (Å²) in [6, 6.07) is 7.37. The number of amides is 1.